The van der Waals surface area contributed by atoms with Crippen LogP contribution in [0.1, 0.15) is 42.1 Å². The van der Waals surface area contributed by atoms with Crippen molar-refractivity contribution in [3.63, 3.8) is 0 Å². The van der Waals surface area contributed by atoms with Gasteiger partial charge in [0.05, 0.1) is 6.04 Å². The minimum Gasteiger partial charge on any atom is -0.320 e. The van der Waals surface area contributed by atoms with Crippen molar-refractivity contribution in [2.45, 2.75) is 33.2 Å². The highest BCUT2D eigenvalue weighted by molar-refractivity contribution is 9.10. The normalized spacial score (nSPS) is 12.7. The Bertz CT molecular complexity index is 590. The summed E-state index contributed by atoms with van der Waals surface area (Å²) >= 11 is 3.53. The van der Waals surface area contributed by atoms with Gasteiger partial charge in [0.1, 0.15) is 0 Å². The van der Waals surface area contributed by atoms with Crippen molar-refractivity contribution in [1.82, 2.24) is 0 Å². The van der Waals surface area contributed by atoms with Crippen molar-refractivity contribution in [2.75, 3.05) is 0 Å². The summed E-state index contributed by atoms with van der Waals surface area (Å²) in [6.45, 7) is 6.57. The summed E-state index contributed by atoms with van der Waals surface area (Å²) in [5.74, 6) is 0.663. The second-order valence-electron chi connectivity index (χ2n) is 5.83. The van der Waals surface area contributed by atoms with Crippen molar-refractivity contribution >= 4 is 15.9 Å². The molecule has 106 valence electrons. The molecule has 2 N–H and O–H groups in total. The van der Waals surface area contributed by atoms with Crippen LogP contribution in [0.3, 0.4) is 0 Å². The molecule has 0 aliphatic carbocycles. The number of halogens is 1. The average molecular weight is 332 g/mol. The predicted octanol–water partition coefficient (Wildman–Crippen LogP) is 5.00. The molecule has 0 aliphatic rings. The van der Waals surface area contributed by atoms with Crippen LogP contribution in [0.15, 0.2) is 46.9 Å². The molecule has 1 nitrogen and oxygen atoms in total. The largest absolute Gasteiger partial charge is 0.320 e. The molecule has 20 heavy (non-hydrogen) atoms. The standard InChI is InChI=1S/C18H22BrN/c1-12(2)9-14-5-4-6-15(11-14)18(20)16-7-8-17(19)13(3)10-16/h4-8,10-12,18H,9,20H2,1-3H3. The van der Waals surface area contributed by atoms with Gasteiger partial charge in [-0.05, 0) is 47.6 Å². The lowest BCUT2D eigenvalue weighted by Gasteiger charge is -2.15. The zero-order chi connectivity index (χ0) is 14.7. The number of rotatable bonds is 4. The van der Waals surface area contributed by atoms with Crippen molar-refractivity contribution in [3.05, 3.63) is 69.2 Å². The lowest BCUT2D eigenvalue weighted by Crippen LogP contribution is -2.12. The molecule has 0 saturated heterocycles. The van der Waals surface area contributed by atoms with Gasteiger partial charge in [-0.1, -0.05) is 66.2 Å². The van der Waals surface area contributed by atoms with Crippen LogP contribution in [0.5, 0.6) is 0 Å². The van der Waals surface area contributed by atoms with Gasteiger partial charge >= 0.3 is 0 Å². The summed E-state index contributed by atoms with van der Waals surface area (Å²) in [5.41, 5.74) is 11.3. The van der Waals surface area contributed by atoms with E-state index in [0.29, 0.717) is 5.92 Å². The Labute approximate surface area is 130 Å². The second kappa shape index (κ2) is 6.55. The van der Waals surface area contributed by atoms with Gasteiger partial charge in [-0.25, -0.2) is 0 Å². The fourth-order valence-corrected chi connectivity index (χ4v) is 2.69. The van der Waals surface area contributed by atoms with Crippen LogP contribution in [0.2, 0.25) is 0 Å². The van der Waals surface area contributed by atoms with Gasteiger partial charge in [0.15, 0.2) is 0 Å². The molecule has 1 unspecified atom stereocenters. The van der Waals surface area contributed by atoms with Crippen LogP contribution in [-0.4, -0.2) is 0 Å². The molecule has 0 aliphatic heterocycles. The Morgan fingerprint density at radius 3 is 2.40 bits per heavy atom. The SMILES string of the molecule is Cc1cc(C(N)c2cccc(CC(C)C)c2)ccc1Br. The zero-order valence-corrected chi connectivity index (χ0v) is 13.9. The lowest BCUT2D eigenvalue weighted by atomic mass is 9.94. The number of benzene rings is 2. The number of aryl methyl sites for hydroxylation is 1. The minimum atomic E-state index is -0.0612. The molecule has 2 rings (SSSR count). The van der Waals surface area contributed by atoms with Crippen molar-refractivity contribution in [1.29, 1.82) is 0 Å². The van der Waals surface area contributed by atoms with E-state index in [0.717, 1.165) is 16.5 Å². The van der Waals surface area contributed by atoms with Crippen molar-refractivity contribution in [2.24, 2.45) is 11.7 Å². The van der Waals surface area contributed by atoms with Gasteiger partial charge < -0.3 is 5.73 Å². The molecule has 0 saturated carbocycles. The first-order valence-corrected chi connectivity index (χ1v) is 7.87. The second-order valence-corrected chi connectivity index (χ2v) is 6.68. The van der Waals surface area contributed by atoms with Gasteiger partial charge in [-0.15, -0.1) is 0 Å². The van der Waals surface area contributed by atoms with E-state index in [-0.39, 0.29) is 6.04 Å². The first-order valence-electron chi connectivity index (χ1n) is 7.08. The van der Waals surface area contributed by atoms with Crippen LogP contribution < -0.4 is 5.73 Å². The smallest absolute Gasteiger partial charge is 0.0551 e. The summed E-state index contributed by atoms with van der Waals surface area (Å²) < 4.78 is 1.13. The van der Waals surface area contributed by atoms with Crippen LogP contribution in [0.4, 0.5) is 0 Å². The molecular formula is C18H22BrN. The molecule has 2 aromatic rings. The van der Waals surface area contributed by atoms with Crippen LogP contribution in [0.25, 0.3) is 0 Å². The van der Waals surface area contributed by atoms with Crippen LogP contribution >= 0.6 is 15.9 Å². The summed E-state index contributed by atoms with van der Waals surface area (Å²) in [6.07, 6.45) is 1.10. The van der Waals surface area contributed by atoms with Crippen LogP contribution in [0, 0.1) is 12.8 Å². The maximum absolute atomic E-state index is 6.42. The molecule has 0 aromatic heterocycles. The van der Waals surface area contributed by atoms with Crippen molar-refractivity contribution in [3.8, 4) is 0 Å². The van der Waals surface area contributed by atoms with Gasteiger partial charge in [-0.3, -0.25) is 0 Å². The molecule has 0 amide bonds. The number of hydrogen-bond donors (Lipinski definition) is 1. The van der Waals surface area contributed by atoms with E-state index < -0.39 is 0 Å². The van der Waals surface area contributed by atoms with E-state index in [4.69, 9.17) is 5.73 Å². The maximum atomic E-state index is 6.42. The number of hydrogen-bond acceptors (Lipinski definition) is 1. The fraction of sp³-hybridized carbons (Fsp3) is 0.333. The molecule has 1 atom stereocenters. The Hall–Kier alpha value is -1.12. The number of nitrogens with two attached hydrogens (primary N) is 1. The Kier molecular flexibility index (Phi) is 5.00. The predicted molar refractivity (Wildman–Crippen MR) is 89.9 cm³/mol. The van der Waals surface area contributed by atoms with Crippen molar-refractivity contribution < 1.29 is 0 Å². The highest BCUT2D eigenvalue weighted by Crippen LogP contribution is 2.25. The fourth-order valence-electron chi connectivity index (χ4n) is 2.44. The average Bonchev–Trinajstić information content (AvgIpc) is 2.40. The highest BCUT2D eigenvalue weighted by atomic mass is 79.9. The molecule has 2 aromatic carbocycles. The molecule has 0 spiro atoms. The Balaban J connectivity index is 2.28. The van der Waals surface area contributed by atoms with Gasteiger partial charge in [0, 0.05) is 4.47 Å². The van der Waals surface area contributed by atoms with E-state index in [1.165, 1.54) is 16.7 Å². The minimum absolute atomic E-state index is 0.0612. The summed E-state index contributed by atoms with van der Waals surface area (Å²) in [7, 11) is 0. The first-order chi connectivity index (χ1) is 9.47. The topological polar surface area (TPSA) is 26.0 Å². The monoisotopic (exact) mass is 331 g/mol. The molecule has 2 heteroatoms. The zero-order valence-electron chi connectivity index (χ0n) is 12.4. The Morgan fingerprint density at radius 1 is 1.05 bits per heavy atom. The van der Waals surface area contributed by atoms with E-state index in [9.17, 15) is 0 Å². The third-order valence-electron chi connectivity index (χ3n) is 3.50. The third-order valence-corrected chi connectivity index (χ3v) is 4.38. The highest BCUT2D eigenvalue weighted by Gasteiger charge is 2.10. The van der Waals surface area contributed by atoms with Gasteiger partial charge in [0.2, 0.25) is 0 Å². The van der Waals surface area contributed by atoms with E-state index in [1.54, 1.807) is 0 Å². The lowest BCUT2D eigenvalue weighted by molar-refractivity contribution is 0.646. The van der Waals surface area contributed by atoms with E-state index >= 15 is 0 Å². The third kappa shape index (κ3) is 3.71. The molecule has 0 heterocycles. The molecule has 0 bridgehead atoms. The molecular weight excluding hydrogens is 310 g/mol. The van der Waals surface area contributed by atoms with E-state index in [1.807, 2.05) is 0 Å². The summed E-state index contributed by atoms with van der Waals surface area (Å²) in [5, 5.41) is 0. The van der Waals surface area contributed by atoms with Gasteiger partial charge in [-0.2, -0.15) is 0 Å². The first kappa shape index (κ1) is 15.3. The summed E-state index contributed by atoms with van der Waals surface area (Å²) in [4.78, 5) is 0. The van der Waals surface area contributed by atoms with Gasteiger partial charge in [0.25, 0.3) is 0 Å². The molecule has 0 radical (unpaired) electrons. The van der Waals surface area contributed by atoms with E-state index in [2.05, 4.69) is 79.2 Å². The summed E-state index contributed by atoms with van der Waals surface area (Å²) in [6, 6.07) is 14.9. The Morgan fingerprint density at radius 2 is 1.75 bits per heavy atom. The quantitative estimate of drug-likeness (QED) is 0.837. The molecule has 0 fully saturated rings. The van der Waals surface area contributed by atoms with Crippen LogP contribution in [-0.2, 0) is 6.42 Å². The maximum Gasteiger partial charge on any atom is 0.0551 e.